The SMILES string of the molecule is CCOCCC1(CNC(=NC)N2CCN(S(=O)(=O)CCOC(C)C)CC2)CC1. The molecule has 0 spiro atoms. The highest BCUT2D eigenvalue weighted by Gasteiger charge is 2.42. The minimum Gasteiger partial charge on any atom is -0.382 e. The maximum absolute atomic E-state index is 12.5. The van der Waals surface area contributed by atoms with Crippen LogP contribution in [0, 0.1) is 5.41 Å². The molecule has 2 fully saturated rings. The molecule has 2 aliphatic rings. The molecular formula is C19H38N4O4S. The van der Waals surface area contributed by atoms with Gasteiger partial charge in [0.2, 0.25) is 10.0 Å². The molecule has 164 valence electrons. The van der Waals surface area contributed by atoms with Crippen LogP contribution >= 0.6 is 0 Å². The van der Waals surface area contributed by atoms with Gasteiger partial charge >= 0.3 is 0 Å². The average Bonchev–Trinajstić information content (AvgIpc) is 3.42. The van der Waals surface area contributed by atoms with E-state index in [1.165, 1.54) is 12.8 Å². The van der Waals surface area contributed by atoms with Gasteiger partial charge in [-0.2, -0.15) is 4.31 Å². The van der Waals surface area contributed by atoms with E-state index in [0.717, 1.165) is 32.1 Å². The normalized spacial score (nSPS) is 20.6. The van der Waals surface area contributed by atoms with E-state index in [1.807, 2.05) is 20.8 Å². The first-order valence-corrected chi connectivity index (χ1v) is 12.1. The highest BCUT2D eigenvalue weighted by molar-refractivity contribution is 7.89. The van der Waals surface area contributed by atoms with Crippen LogP contribution in [0.5, 0.6) is 0 Å². The number of guanidine groups is 1. The van der Waals surface area contributed by atoms with Crippen LogP contribution in [0.2, 0.25) is 0 Å². The fourth-order valence-corrected chi connectivity index (χ4v) is 4.70. The molecule has 1 saturated carbocycles. The van der Waals surface area contributed by atoms with Crippen molar-refractivity contribution in [2.45, 2.75) is 46.1 Å². The van der Waals surface area contributed by atoms with Gasteiger partial charge in [0, 0.05) is 53.0 Å². The monoisotopic (exact) mass is 418 g/mol. The van der Waals surface area contributed by atoms with Gasteiger partial charge in [-0.3, -0.25) is 4.99 Å². The molecule has 1 heterocycles. The standard InChI is InChI=1S/C19H38N4O4S/c1-5-26-13-8-19(6-7-19)16-21-18(20-4)22-9-11-23(12-10-22)28(24,25)15-14-27-17(2)3/h17H,5-16H2,1-4H3,(H,20,21). The summed E-state index contributed by atoms with van der Waals surface area (Å²) in [6.07, 6.45) is 3.59. The average molecular weight is 419 g/mol. The van der Waals surface area contributed by atoms with Crippen LogP contribution < -0.4 is 5.32 Å². The lowest BCUT2D eigenvalue weighted by atomic mass is 10.0. The lowest BCUT2D eigenvalue weighted by molar-refractivity contribution is 0.0904. The Balaban J connectivity index is 1.76. The predicted octanol–water partition coefficient (Wildman–Crippen LogP) is 1.14. The molecule has 2 rings (SSSR count). The maximum atomic E-state index is 12.5. The number of nitrogens with zero attached hydrogens (tertiary/aromatic N) is 3. The van der Waals surface area contributed by atoms with Gasteiger partial charge in [-0.1, -0.05) is 0 Å². The molecular weight excluding hydrogens is 380 g/mol. The van der Waals surface area contributed by atoms with Crippen molar-refractivity contribution in [2.24, 2.45) is 10.4 Å². The minimum absolute atomic E-state index is 0.0422. The Kier molecular flexibility index (Phi) is 8.98. The third kappa shape index (κ3) is 7.17. The second-order valence-corrected chi connectivity index (χ2v) is 10.1. The van der Waals surface area contributed by atoms with E-state index in [2.05, 4.69) is 15.2 Å². The highest BCUT2D eigenvalue weighted by Crippen LogP contribution is 2.48. The summed E-state index contributed by atoms with van der Waals surface area (Å²) in [6, 6.07) is 0. The summed E-state index contributed by atoms with van der Waals surface area (Å²) in [5.41, 5.74) is 0.340. The van der Waals surface area contributed by atoms with Gasteiger partial charge in [-0.15, -0.1) is 0 Å². The van der Waals surface area contributed by atoms with Crippen LogP contribution in [0.4, 0.5) is 0 Å². The number of sulfonamides is 1. The molecule has 0 radical (unpaired) electrons. The van der Waals surface area contributed by atoms with Crippen molar-refractivity contribution in [3.8, 4) is 0 Å². The van der Waals surface area contributed by atoms with E-state index in [4.69, 9.17) is 9.47 Å². The van der Waals surface area contributed by atoms with Gasteiger partial charge in [-0.25, -0.2) is 8.42 Å². The fraction of sp³-hybridized carbons (Fsp3) is 0.947. The summed E-state index contributed by atoms with van der Waals surface area (Å²) < 4.78 is 37.4. The van der Waals surface area contributed by atoms with Crippen molar-refractivity contribution >= 4 is 16.0 Å². The van der Waals surface area contributed by atoms with Gasteiger partial charge in [0.15, 0.2) is 5.96 Å². The summed E-state index contributed by atoms with van der Waals surface area (Å²) in [4.78, 5) is 6.56. The Morgan fingerprint density at radius 1 is 1.18 bits per heavy atom. The molecule has 1 aliphatic heterocycles. The Labute approximate surface area is 170 Å². The second kappa shape index (κ2) is 10.8. The van der Waals surface area contributed by atoms with Crippen LogP contribution in [-0.2, 0) is 19.5 Å². The molecule has 9 heteroatoms. The van der Waals surface area contributed by atoms with Crippen molar-refractivity contribution in [3.05, 3.63) is 0 Å². The van der Waals surface area contributed by atoms with Crippen LogP contribution in [0.15, 0.2) is 4.99 Å². The van der Waals surface area contributed by atoms with Crippen LogP contribution in [0.3, 0.4) is 0 Å². The second-order valence-electron chi connectivity index (χ2n) is 7.97. The van der Waals surface area contributed by atoms with E-state index >= 15 is 0 Å². The van der Waals surface area contributed by atoms with E-state index in [0.29, 0.717) is 31.6 Å². The first-order valence-electron chi connectivity index (χ1n) is 10.4. The van der Waals surface area contributed by atoms with Crippen molar-refractivity contribution in [3.63, 3.8) is 0 Å². The summed E-state index contributed by atoms with van der Waals surface area (Å²) >= 11 is 0. The molecule has 1 saturated heterocycles. The van der Waals surface area contributed by atoms with Crippen LogP contribution in [0.25, 0.3) is 0 Å². The zero-order chi connectivity index (χ0) is 20.6. The number of hydrogen-bond acceptors (Lipinski definition) is 5. The zero-order valence-corrected chi connectivity index (χ0v) is 18.8. The number of nitrogens with one attached hydrogen (secondary N) is 1. The molecule has 0 aromatic rings. The summed E-state index contributed by atoms with van der Waals surface area (Å²) in [5.74, 6) is 0.906. The maximum Gasteiger partial charge on any atom is 0.216 e. The van der Waals surface area contributed by atoms with E-state index in [9.17, 15) is 8.42 Å². The Hall–Kier alpha value is -0.900. The lowest BCUT2D eigenvalue weighted by Crippen LogP contribution is -2.54. The summed E-state index contributed by atoms with van der Waals surface area (Å²) in [7, 11) is -1.48. The fourth-order valence-electron chi connectivity index (χ4n) is 3.42. The molecule has 8 nitrogen and oxygen atoms in total. The van der Waals surface area contributed by atoms with Gasteiger partial charge in [0.1, 0.15) is 0 Å². The molecule has 0 aromatic heterocycles. The minimum atomic E-state index is -3.27. The Morgan fingerprint density at radius 2 is 1.86 bits per heavy atom. The summed E-state index contributed by atoms with van der Waals surface area (Å²) in [5, 5.41) is 3.50. The van der Waals surface area contributed by atoms with E-state index < -0.39 is 10.0 Å². The molecule has 0 aromatic carbocycles. The van der Waals surface area contributed by atoms with Crippen LogP contribution in [-0.4, -0.2) is 95.0 Å². The molecule has 0 bridgehead atoms. The number of aliphatic imine (C=N–C) groups is 1. The number of rotatable bonds is 11. The van der Waals surface area contributed by atoms with E-state index in [1.54, 1.807) is 11.4 Å². The smallest absolute Gasteiger partial charge is 0.216 e. The zero-order valence-electron chi connectivity index (χ0n) is 17.9. The van der Waals surface area contributed by atoms with Gasteiger partial charge < -0.3 is 19.7 Å². The molecule has 0 atom stereocenters. The topological polar surface area (TPSA) is 83.5 Å². The summed E-state index contributed by atoms with van der Waals surface area (Å²) in [6.45, 7) is 10.8. The van der Waals surface area contributed by atoms with Crippen molar-refractivity contribution < 1.29 is 17.9 Å². The molecule has 28 heavy (non-hydrogen) atoms. The Morgan fingerprint density at radius 3 is 2.39 bits per heavy atom. The van der Waals surface area contributed by atoms with Crippen molar-refractivity contribution in [1.82, 2.24) is 14.5 Å². The van der Waals surface area contributed by atoms with Crippen molar-refractivity contribution in [1.29, 1.82) is 0 Å². The number of hydrogen-bond donors (Lipinski definition) is 1. The molecule has 1 N–H and O–H groups in total. The quantitative estimate of drug-likeness (QED) is 0.308. The predicted molar refractivity (Wildman–Crippen MR) is 112 cm³/mol. The first kappa shape index (κ1) is 23.4. The molecule has 0 unspecified atom stereocenters. The number of ether oxygens (including phenoxy) is 2. The third-order valence-electron chi connectivity index (χ3n) is 5.50. The van der Waals surface area contributed by atoms with Crippen LogP contribution in [0.1, 0.15) is 40.0 Å². The van der Waals surface area contributed by atoms with Crippen molar-refractivity contribution in [2.75, 3.05) is 65.3 Å². The van der Waals surface area contributed by atoms with Gasteiger partial charge in [0.25, 0.3) is 0 Å². The number of piperazine rings is 1. The Bertz CT molecular complexity index is 597. The molecule has 1 aliphatic carbocycles. The molecule has 0 amide bonds. The third-order valence-corrected chi connectivity index (χ3v) is 7.33. The largest absolute Gasteiger partial charge is 0.382 e. The lowest BCUT2D eigenvalue weighted by Gasteiger charge is -2.36. The van der Waals surface area contributed by atoms with Gasteiger partial charge in [-0.05, 0) is 45.4 Å². The van der Waals surface area contributed by atoms with E-state index in [-0.39, 0.29) is 18.5 Å². The van der Waals surface area contributed by atoms with Gasteiger partial charge in [0.05, 0.1) is 18.5 Å². The highest BCUT2D eigenvalue weighted by atomic mass is 32.2. The first-order chi connectivity index (χ1) is 13.3.